The van der Waals surface area contributed by atoms with E-state index in [4.69, 9.17) is 10.3 Å². The van der Waals surface area contributed by atoms with E-state index in [1.165, 1.54) is 19.3 Å². The Bertz CT molecular complexity index is 136. The first-order chi connectivity index (χ1) is 6.20. The number of aliphatic hydroxyl groups is 1. The molecule has 1 aliphatic carbocycles. The molecule has 3 nitrogen and oxygen atoms in total. The molecule has 0 aliphatic heterocycles. The molecule has 0 saturated heterocycles. The summed E-state index contributed by atoms with van der Waals surface area (Å²) in [6.45, 7) is 4.25. The summed E-state index contributed by atoms with van der Waals surface area (Å²) in [6, 6.07) is 0. The minimum absolute atomic E-state index is 0.306. The Balaban J connectivity index is 0.000000252. The lowest BCUT2D eigenvalue weighted by atomic mass is 9.99. The van der Waals surface area contributed by atoms with Crippen molar-refractivity contribution in [2.75, 3.05) is 6.61 Å². The van der Waals surface area contributed by atoms with Gasteiger partial charge in [0.1, 0.15) is 0 Å². The van der Waals surface area contributed by atoms with Crippen molar-refractivity contribution < 1.29 is 10.3 Å². The van der Waals surface area contributed by atoms with E-state index in [0.717, 1.165) is 18.6 Å². The number of rotatable bonds is 1. The van der Waals surface area contributed by atoms with Crippen molar-refractivity contribution in [3.8, 4) is 0 Å². The molecule has 0 aromatic rings. The zero-order chi connectivity index (χ0) is 10.1. The van der Waals surface area contributed by atoms with Crippen molar-refractivity contribution >= 4 is 5.71 Å². The molecule has 1 rings (SSSR count). The standard InChI is InChI=1S/C6H11NO.C4H10O/c8-7-6-4-2-1-3-5-6;1-4(2)3-5/h8H,1-5H2;4-5H,3H2,1-2H3. The highest BCUT2D eigenvalue weighted by Gasteiger charge is 2.05. The highest BCUT2D eigenvalue weighted by molar-refractivity contribution is 5.84. The van der Waals surface area contributed by atoms with Crippen molar-refractivity contribution in [1.82, 2.24) is 0 Å². The molecule has 0 aromatic heterocycles. The van der Waals surface area contributed by atoms with E-state index in [1.807, 2.05) is 13.8 Å². The van der Waals surface area contributed by atoms with Gasteiger partial charge in [0.15, 0.2) is 0 Å². The number of hydrogen-bond donors (Lipinski definition) is 2. The molecule has 0 heterocycles. The lowest BCUT2D eigenvalue weighted by molar-refractivity contribution is 0.248. The Labute approximate surface area is 80.5 Å². The maximum Gasteiger partial charge on any atom is 0.0570 e. The van der Waals surface area contributed by atoms with E-state index >= 15 is 0 Å². The number of aliphatic hydroxyl groups excluding tert-OH is 1. The highest BCUT2D eigenvalue weighted by Crippen LogP contribution is 2.13. The largest absolute Gasteiger partial charge is 0.411 e. The summed E-state index contributed by atoms with van der Waals surface area (Å²) >= 11 is 0. The van der Waals surface area contributed by atoms with Gasteiger partial charge in [-0.1, -0.05) is 25.4 Å². The number of hydrogen-bond acceptors (Lipinski definition) is 3. The van der Waals surface area contributed by atoms with Gasteiger partial charge in [-0.15, -0.1) is 0 Å². The normalized spacial score (nSPS) is 16.5. The van der Waals surface area contributed by atoms with Crippen LogP contribution in [-0.4, -0.2) is 22.6 Å². The Kier molecular flexibility index (Phi) is 7.69. The van der Waals surface area contributed by atoms with Crippen LogP contribution >= 0.6 is 0 Å². The van der Waals surface area contributed by atoms with Crippen molar-refractivity contribution in [3.05, 3.63) is 0 Å². The molecule has 78 valence electrons. The molecule has 0 radical (unpaired) electrons. The molecule has 3 heteroatoms. The Morgan fingerprint density at radius 2 is 1.69 bits per heavy atom. The van der Waals surface area contributed by atoms with Crippen LogP contribution in [0, 0.1) is 5.92 Å². The second-order valence-electron chi connectivity index (χ2n) is 3.80. The summed E-state index contributed by atoms with van der Waals surface area (Å²) in [7, 11) is 0. The molecule has 0 spiro atoms. The first kappa shape index (κ1) is 12.4. The molecule has 1 aliphatic rings. The van der Waals surface area contributed by atoms with Gasteiger partial charge in [0.05, 0.1) is 5.71 Å². The third kappa shape index (κ3) is 7.78. The van der Waals surface area contributed by atoms with Crippen LogP contribution in [0.25, 0.3) is 0 Å². The third-order valence-electron chi connectivity index (χ3n) is 1.94. The van der Waals surface area contributed by atoms with Crippen molar-refractivity contribution in [2.24, 2.45) is 11.1 Å². The van der Waals surface area contributed by atoms with E-state index < -0.39 is 0 Å². The molecule has 1 fully saturated rings. The zero-order valence-corrected chi connectivity index (χ0v) is 8.66. The fourth-order valence-electron chi connectivity index (χ4n) is 1.06. The maximum absolute atomic E-state index is 8.28. The summed E-state index contributed by atoms with van der Waals surface area (Å²) in [5.41, 5.74) is 0.983. The van der Waals surface area contributed by atoms with Crippen LogP contribution in [0.3, 0.4) is 0 Å². The highest BCUT2D eigenvalue weighted by atomic mass is 16.4. The molecule has 0 atom stereocenters. The first-order valence-electron chi connectivity index (χ1n) is 5.01. The van der Waals surface area contributed by atoms with Gasteiger partial charge >= 0.3 is 0 Å². The Morgan fingerprint density at radius 1 is 1.23 bits per heavy atom. The predicted octanol–water partition coefficient (Wildman–Crippen LogP) is 2.42. The van der Waals surface area contributed by atoms with Crippen LogP contribution in [0.4, 0.5) is 0 Å². The Hall–Kier alpha value is -0.570. The van der Waals surface area contributed by atoms with Crippen LogP contribution in [-0.2, 0) is 0 Å². The van der Waals surface area contributed by atoms with Gasteiger partial charge in [-0.05, 0) is 31.6 Å². The van der Waals surface area contributed by atoms with E-state index in [1.54, 1.807) is 0 Å². The second kappa shape index (κ2) is 8.05. The average molecular weight is 187 g/mol. The number of nitrogens with zero attached hydrogens (tertiary/aromatic N) is 1. The maximum atomic E-state index is 8.28. The smallest absolute Gasteiger partial charge is 0.0570 e. The molecule has 0 bridgehead atoms. The van der Waals surface area contributed by atoms with Crippen LogP contribution in [0.2, 0.25) is 0 Å². The summed E-state index contributed by atoms with van der Waals surface area (Å²) in [6.07, 6.45) is 5.74. The van der Waals surface area contributed by atoms with Crippen LogP contribution < -0.4 is 0 Å². The quantitative estimate of drug-likeness (QED) is 0.489. The van der Waals surface area contributed by atoms with Crippen LogP contribution in [0.1, 0.15) is 46.0 Å². The van der Waals surface area contributed by atoms with Crippen molar-refractivity contribution in [1.29, 1.82) is 0 Å². The van der Waals surface area contributed by atoms with Crippen molar-refractivity contribution in [2.45, 2.75) is 46.0 Å². The van der Waals surface area contributed by atoms with Gasteiger partial charge in [0.2, 0.25) is 0 Å². The SMILES string of the molecule is CC(C)CO.ON=C1CCCCC1. The van der Waals surface area contributed by atoms with Gasteiger partial charge < -0.3 is 10.3 Å². The summed E-state index contributed by atoms with van der Waals surface area (Å²) in [4.78, 5) is 0. The molecule has 1 saturated carbocycles. The molecule has 0 aromatic carbocycles. The van der Waals surface area contributed by atoms with Gasteiger partial charge in [0, 0.05) is 6.61 Å². The van der Waals surface area contributed by atoms with Crippen LogP contribution in [0.15, 0.2) is 5.16 Å². The topological polar surface area (TPSA) is 52.8 Å². The van der Waals surface area contributed by atoms with E-state index in [9.17, 15) is 0 Å². The lowest BCUT2D eigenvalue weighted by Crippen LogP contribution is -2.03. The number of oxime groups is 1. The second-order valence-corrected chi connectivity index (χ2v) is 3.80. The monoisotopic (exact) mass is 187 g/mol. The summed E-state index contributed by atoms with van der Waals surface area (Å²) in [5, 5.41) is 19.6. The fraction of sp³-hybridized carbons (Fsp3) is 0.900. The molecule has 13 heavy (non-hydrogen) atoms. The van der Waals surface area contributed by atoms with E-state index in [2.05, 4.69) is 5.16 Å². The minimum atomic E-state index is 0.306. The molecule has 0 amide bonds. The summed E-state index contributed by atoms with van der Waals surface area (Å²) < 4.78 is 0. The zero-order valence-electron chi connectivity index (χ0n) is 8.66. The predicted molar refractivity (Wildman–Crippen MR) is 54.2 cm³/mol. The lowest BCUT2D eigenvalue weighted by Gasteiger charge is -2.08. The summed E-state index contributed by atoms with van der Waals surface area (Å²) in [5.74, 6) is 0.440. The van der Waals surface area contributed by atoms with Crippen molar-refractivity contribution in [3.63, 3.8) is 0 Å². The molecule has 0 unspecified atom stereocenters. The molecule has 2 N–H and O–H groups in total. The van der Waals surface area contributed by atoms with Gasteiger partial charge in [-0.2, -0.15) is 0 Å². The van der Waals surface area contributed by atoms with Gasteiger partial charge in [-0.3, -0.25) is 0 Å². The third-order valence-corrected chi connectivity index (χ3v) is 1.94. The molecular weight excluding hydrogens is 166 g/mol. The van der Waals surface area contributed by atoms with E-state index in [0.29, 0.717) is 12.5 Å². The average Bonchev–Trinajstić information content (AvgIpc) is 2.20. The first-order valence-corrected chi connectivity index (χ1v) is 5.01. The van der Waals surface area contributed by atoms with Crippen LogP contribution in [0.5, 0.6) is 0 Å². The Morgan fingerprint density at radius 3 is 1.92 bits per heavy atom. The molecular formula is C10H21NO2. The van der Waals surface area contributed by atoms with Gasteiger partial charge in [-0.25, -0.2) is 0 Å². The minimum Gasteiger partial charge on any atom is -0.411 e. The fourth-order valence-corrected chi connectivity index (χ4v) is 1.06. The van der Waals surface area contributed by atoms with Gasteiger partial charge in [0.25, 0.3) is 0 Å². The van der Waals surface area contributed by atoms with E-state index in [-0.39, 0.29) is 0 Å².